The van der Waals surface area contributed by atoms with Crippen molar-refractivity contribution in [2.24, 2.45) is 0 Å². The molecular formula is C26H23Cl2N3O10S2. The van der Waals surface area contributed by atoms with Gasteiger partial charge in [-0.25, -0.2) is 0 Å². The van der Waals surface area contributed by atoms with E-state index in [1.165, 1.54) is 23.5 Å². The Morgan fingerprint density at radius 3 is 1.77 bits per heavy atom. The average Bonchev–Trinajstić information content (AvgIpc) is 3.49. The largest absolute Gasteiger partial charge is 0.504 e. The van der Waals surface area contributed by atoms with E-state index in [2.05, 4.69) is 0 Å². The van der Waals surface area contributed by atoms with Crippen molar-refractivity contribution in [3.63, 3.8) is 0 Å². The van der Waals surface area contributed by atoms with Gasteiger partial charge in [0.1, 0.15) is 14.5 Å². The molecule has 2 aromatic carbocycles. The number of morpholine rings is 2. The van der Waals surface area contributed by atoms with E-state index in [-0.39, 0.29) is 43.3 Å². The molecule has 2 fully saturated rings. The van der Waals surface area contributed by atoms with Crippen molar-refractivity contribution in [2.75, 3.05) is 52.6 Å². The predicted octanol–water partition coefficient (Wildman–Crippen LogP) is 4.78. The van der Waals surface area contributed by atoms with Crippen LogP contribution in [-0.4, -0.2) is 99.6 Å². The maximum atomic E-state index is 12.5. The van der Waals surface area contributed by atoms with Gasteiger partial charge in [-0.3, -0.25) is 19.7 Å². The van der Waals surface area contributed by atoms with E-state index in [1.54, 1.807) is 9.80 Å². The molecule has 2 aliphatic rings. The molecule has 13 nitrogen and oxygen atoms in total. The normalized spacial score (nSPS) is 15.4. The smallest absolute Gasteiger partial charge is 0.332 e. The summed E-state index contributed by atoms with van der Waals surface area (Å²) in [5.41, 5.74) is -0.659. The molecular weight excluding hydrogens is 649 g/mol. The van der Waals surface area contributed by atoms with E-state index in [4.69, 9.17) is 32.7 Å². The van der Waals surface area contributed by atoms with Gasteiger partial charge in [0.2, 0.25) is 5.75 Å². The van der Waals surface area contributed by atoms with Crippen molar-refractivity contribution >= 4 is 83.5 Å². The van der Waals surface area contributed by atoms with E-state index >= 15 is 0 Å². The van der Waals surface area contributed by atoms with Crippen LogP contribution in [0.5, 0.6) is 23.0 Å². The van der Waals surface area contributed by atoms with Gasteiger partial charge in [-0.1, -0.05) is 23.2 Å². The van der Waals surface area contributed by atoms with Gasteiger partial charge in [-0.05, 0) is 12.1 Å². The van der Waals surface area contributed by atoms with Gasteiger partial charge in [0.05, 0.1) is 41.4 Å². The summed E-state index contributed by atoms with van der Waals surface area (Å²) in [5.74, 6) is -2.46. The lowest BCUT2D eigenvalue weighted by Crippen LogP contribution is -2.40. The number of halogens is 2. The standard InChI is InChI=1S/C13H11ClN2O6S.C13H12ClNO4S/c14-8-6-5-7(17)10(18)9(16(20)21)11(6)23-12(8)13(19)15-1-3-22-4-2-15;14-11-7-5-8(16)9(17)6-10(7)20-12(11)13(18)15-1-3-19-4-2-15/h5,17-18H,1-4H2;5-6,16-17H,1-4H2. The van der Waals surface area contributed by atoms with Crippen LogP contribution in [0.4, 0.5) is 5.69 Å². The lowest BCUT2D eigenvalue weighted by Gasteiger charge is -2.26. The van der Waals surface area contributed by atoms with Crippen LogP contribution in [0.1, 0.15) is 19.3 Å². The Balaban J connectivity index is 0.000000173. The second-order valence-corrected chi connectivity index (χ2v) is 12.2. The number of hydrogen-bond donors (Lipinski definition) is 4. The third-order valence-electron chi connectivity index (χ3n) is 6.74. The molecule has 17 heteroatoms. The van der Waals surface area contributed by atoms with E-state index in [9.17, 15) is 40.1 Å². The summed E-state index contributed by atoms with van der Waals surface area (Å²) in [6, 6.07) is 3.91. The summed E-state index contributed by atoms with van der Waals surface area (Å²) in [6.07, 6.45) is 0. The number of nitro benzene ring substituents is 1. The lowest BCUT2D eigenvalue weighted by molar-refractivity contribution is -0.383. The monoisotopic (exact) mass is 671 g/mol. The van der Waals surface area contributed by atoms with Crippen LogP contribution in [0.15, 0.2) is 18.2 Å². The molecule has 43 heavy (non-hydrogen) atoms. The predicted molar refractivity (Wildman–Crippen MR) is 160 cm³/mol. The number of thiophene rings is 2. The van der Waals surface area contributed by atoms with Crippen molar-refractivity contribution in [1.82, 2.24) is 9.80 Å². The zero-order chi connectivity index (χ0) is 31.0. The third kappa shape index (κ3) is 5.96. The maximum absolute atomic E-state index is 12.5. The van der Waals surface area contributed by atoms with E-state index in [0.717, 1.165) is 17.4 Å². The summed E-state index contributed by atoms with van der Waals surface area (Å²) in [7, 11) is 0. The SMILES string of the molecule is O=C(c1sc2c([N+](=O)[O-])c(O)c(O)cc2c1Cl)N1CCOCC1.O=C(c1sc2cc(O)c(O)cc2c1Cl)N1CCOCC1. The highest BCUT2D eigenvalue weighted by Gasteiger charge is 2.31. The van der Waals surface area contributed by atoms with Crippen LogP contribution in [0.25, 0.3) is 20.2 Å². The molecule has 2 aromatic heterocycles. The molecule has 4 heterocycles. The van der Waals surface area contributed by atoms with Crippen LogP contribution in [0, 0.1) is 10.1 Å². The highest BCUT2D eigenvalue weighted by molar-refractivity contribution is 7.22. The second-order valence-electron chi connectivity index (χ2n) is 9.36. The van der Waals surface area contributed by atoms with Crippen molar-refractivity contribution in [1.29, 1.82) is 0 Å². The first kappa shape index (κ1) is 30.8. The van der Waals surface area contributed by atoms with Gasteiger partial charge in [0.15, 0.2) is 17.2 Å². The molecule has 0 atom stereocenters. The van der Waals surface area contributed by atoms with Crippen molar-refractivity contribution < 1.29 is 44.4 Å². The zero-order valence-electron chi connectivity index (χ0n) is 22.0. The van der Waals surface area contributed by atoms with E-state index < -0.39 is 22.1 Å². The zero-order valence-corrected chi connectivity index (χ0v) is 25.2. The minimum atomic E-state index is -0.842. The van der Waals surface area contributed by atoms with Crippen molar-refractivity contribution in [3.05, 3.63) is 48.1 Å². The van der Waals surface area contributed by atoms with Gasteiger partial charge in [0, 0.05) is 47.7 Å². The first-order valence-electron chi connectivity index (χ1n) is 12.7. The second kappa shape index (κ2) is 12.6. The van der Waals surface area contributed by atoms with E-state index in [1.807, 2.05) is 0 Å². The Bertz CT molecular complexity index is 1750. The van der Waals surface area contributed by atoms with Crippen molar-refractivity contribution in [3.8, 4) is 23.0 Å². The number of hydrogen-bond acceptors (Lipinski definition) is 12. The summed E-state index contributed by atoms with van der Waals surface area (Å²) < 4.78 is 11.1. The molecule has 2 aliphatic heterocycles. The molecule has 4 aromatic rings. The fourth-order valence-corrected chi connectivity index (χ4v) is 7.56. The molecule has 6 rings (SSSR count). The first-order chi connectivity index (χ1) is 20.5. The topological polar surface area (TPSA) is 183 Å². The molecule has 0 bridgehead atoms. The van der Waals surface area contributed by atoms with Crippen LogP contribution >= 0.6 is 45.9 Å². The van der Waals surface area contributed by atoms with Crippen molar-refractivity contribution in [2.45, 2.75) is 0 Å². The molecule has 0 spiro atoms. The number of phenolic OH excluding ortho intramolecular Hbond substituents is 4. The molecule has 0 radical (unpaired) electrons. The molecule has 0 saturated carbocycles. The minimum Gasteiger partial charge on any atom is -0.504 e. The Morgan fingerprint density at radius 2 is 1.23 bits per heavy atom. The molecule has 0 unspecified atom stereocenters. The molecule has 2 amide bonds. The number of phenols is 4. The van der Waals surface area contributed by atoms with Gasteiger partial charge in [-0.15, -0.1) is 22.7 Å². The number of aromatic hydroxyl groups is 4. The summed E-state index contributed by atoms with van der Waals surface area (Å²) in [4.78, 5) is 39.1. The minimum absolute atomic E-state index is 0.0277. The summed E-state index contributed by atoms with van der Waals surface area (Å²) in [6.45, 7) is 3.77. The number of amides is 2. The van der Waals surface area contributed by atoms with E-state index in [0.29, 0.717) is 72.6 Å². The lowest BCUT2D eigenvalue weighted by atomic mass is 10.2. The van der Waals surface area contributed by atoms with Gasteiger partial charge < -0.3 is 39.7 Å². The fourth-order valence-electron chi connectivity index (χ4n) is 4.52. The first-order valence-corrected chi connectivity index (χ1v) is 15.1. The number of benzene rings is 2. The van der Waals surface area contributed by atoms with Gasteiger partial charge in [-0.2, -0.15) is 0 Å². The third-order valence-corrected chi connectivity index (χ3v) is 10.1. The van der Waals surface area contributed by atoms with Crippen LogP contribution in [0.3, 0.4) is 0 Å². The van der Waals surface area contributed by atoms with Crippen LogP contribution in [-0.2, 0) is 9.47 Å². The highest BCUT2D eigenvalue weighted by atomic mass is 35.5. The molecule has 0 aliphatic carbocycles. The number of carbonyl (C=O) groups is 2. The number of nitro groups is 1. The molecule has 4 N–H and O–H groups in total. The number of carbonyl (C=O) groups excluding carboxylic acids is 2. The van der Waals surface area contributed by atoms with Gasteiger partial charge in [0.25, 0.3) is 11.8 Å². The van der Waals surface area contributed by atoms with Crippen LogP contribution in [0.2, 0.25) is 10.0 Å². The summed E-state index contributed by atoms with van der Waals surface area (Å²) >= 11 is 14.5. The maximum Gasteiger partial charge on any atom is 0.332 e. The highest BCUT2D eigenvalue weighted by Crippen LogP contribution is 2.48. The average molecular weight is 673 g/mol. The van der Waals surface area contributed by atoms with Gasteiger partial charge >= 0.3 is 5.69 Å². The number of rotatable bonds is 3. The Labute approximate surface area is 260 Å². The Hall–Kier alpha value is -3.60. The summed E-state index contributed by atoms with van der Waals surface area (Å²) in [5, 5.41) is 50.6. The molecule has 2 saturated heterocycles. The Morgan fingerprint density at radius 1 is 0.767 bits per heavy atom. The Kier molecular flexibility index (Phi) is 9.01. The molecule has 228 valence electrons. The quantitative estimate of drug-likeness (QED) is 0.134. The number of ether oxygens (including phenoxy) is 2. The fraction of sp³-hybridized carbons (Fsp3) is 0.308. The number of nitrogens with zero attached hydrogens (tertiary/aromatic N) is 3. The van der Waals surface area contributed by atoms with Crippen LogP contribution < -0.4 is 0 Å². The number of fused-ring (bicyclic) bond motifs is 2.